The number of carbonyl (C=O) groups is 1. The van der Waals surface area contributed by atoms with Crippen LogP contribution in [0, 0.1) is 0 Å². The zero-order valence-corrected chi connectivity index (χ0v) is 26.7. The van der Waals surface area contributed by atoms with Gasteiger partial charge < -0.3 is 0 Å². The summed E-state index contributed by atoms with van der Waals surface area (Å²) in [5.74, 6) is 0.186. The molecule has 3 aromatic rings. The molecular formula is C27H31N2O6S3Te+. The Hall–Kier alpha value is -1.94. The first kappa shape index (κ1) is 30.0. The molecular weight excluding hydrogens is 672 g/mol. The predicted molar refractivity (Wildman–Crippen MR) is 159 cm³/mol. The third-order valence-electron chi connectivity index (χ3n) is 6.13. The van der Waals surface area contributed by atoms with Gasteiger partial charge in [-0.15, -0.1) is 0 Å². The van der Waals surface area contributed by atoms with Crippen molar-refractivity contribution >= 4 is 80.7 Å². The third-order valence-corrected chi connectivity index (χ3v) is 11.6. The molecule has 208 valence electrons. The van der Waals surface area contributed by atoms with Gasteiger partial charge in [-0.1, -0.05) is 0 Å². The van der Waals surface area contributed by atoms with Gasteiger partial charge in [0.15, 0.2) is 0 Å². The van der Waals surface area contributed by atoms with Crippen LogP contribution in [0.25, 0.3) is 15.0 Å². The normalized spacial score (nSPS) is 14.7. The van der Waals surface area contributed by atoms with E-state index in [4.69, 9.17) is 9.84 Å². The molecule has 0 atom stereocenters. The number of aliphatic carboxylic acids is 1. The number of rotatable bonds is 12. The first-order valence-electron chi connectivity index (χ1n) is 12.3. The molecule has 0 fully saturated rings. The van der Waals surface area contributed by atoms with E-state index in [0.29, 0.717) is 31.1 Å². The van der Waals surface area contributed by atoms with Crippen LogP contribution in [0.1, 0.15) is 29.9 Å². The van der Waals surface area contributed by atoms with Crippen molar-refractivity contribution in [3.63, 3.8) is 0 Å². The minimum absolute atomic E-state index is 0.122. The monoisotopic (exact) mass is 705 g/mol. The number of hydrogen-bond donors (Lipinski definition) is 2. The topological polar surface area (TPSA) is 108 Å². The molecule has 39 heavy (non-hydrogen) atoms. The van der Waals surface area contributed by atoms with Crippen LogP contribution < -0.4 is 14.2 Å². The molecule has 4 rings (SSSR count). The number of ether oxygens (including phenoxy) is 1. The van der Waals surface area contributed by atoms with Crippen LogP contribution in [0.2, 0.25) is 0 Å². The van der Waals surface area contributed by atoms with E-state index in [2.05, 4.69) is 28.8 Å². The van der Waals surface area contributed by atoms with Gasteiger partial charge >= 0.3 is 249 Å². The van der Waals surface area contributed by atoms with E-state index in [0.717, 1.165) is 16.2 Å². The van der Waals surface area contributed by atoms with E-state index in [1.165, 1.54) is 17.5 Å². The number of allylic oxidation sites excluding steroid dienone is 2. The average Bonchev–Trinajstić information content (AvgIpc) is 3.39. The molecule has 0 unspecified atom stereocenters. The summed E-state index contributed by atoms with van der Waals surface area (Å²) < 4.78 is 42.9. The summed E-state index contributed by atoms with van der Waals surface area (Å²) in [6, 6.07) is 12.5. The Bertz CT molecular complexity index is 1550. The van der Waals surface area contributed by atoms with Crippen molar-refractivity contribution in [3.05, 3.63) is 57.6 Å². The van der Waals surface area contributed by atoms with Crippen molar-refractivity contribution in [1.82, 2.24) is 0 Å². The zero-order valence-electron chi connectivity index (χ0n) is 21.9. The standard InChI is InChI=1S/C27H30N2O6S3Te/c1-18(15-26-29(11-4-6-27(30)31)22-17-20(37-3)8-10-24(22)39-26)14-25-28(12-5-13-38(32,33)34)21-16-19(36-2)7-9-23(21)35-25/h7-10,14-17H,4-6,11-13H2,1-3H3,(H-,30,31,32,33,34)/p+1. The first-order valence-corrected chi connectivity index (χ1v) is 18.7. The molecule has 2 N–H and O–H groups in total. The first-order chi connectivity index (χ1) is 18.6. The van der Waals surface area contributed by atoms with Crippen LogP contribution in [0.3, 0.4) is 0 Å². The van der Waals surface area contributed by atoms with Crippen molar-refractivity contribution < 1.29 is 32.2 Å². The van der Waals surface area contributed by atoms with Crippen molar-refractivity contribution in [2.24, 2.45) is 0 Å². The molecule has 2 aromatic carbocycles. The number of anilines is 1. The molecule has 0 saturated carbocycles. The summed E-state index contributed by atoms with van der Waals surface area (Å²) in [4.78, 5) is 15.4. The molecule has 1 aliphatic heterocycles. The maximum atomic E-state index is 11.3. The maximum absolute atomic E-state index is 11.3. The SMILES string of the molecule is CSc1ccc2c(c1)N(CCCS(=O)(=O)O)/C(=C/C(C)=C/c1[te]c3ccc(SC)cc3[n+]1CCCC(=O)O)O2. The number of aryl methyl sites for hydroxylation is 1. The minimum atomic E-state index is -4.06. The molecule has 0 aliphatic carbocycles. The fourth-order valence-electron chi connectivity index (χ4n) is 4.32. The van der Waals surface area contributed by atoms with E-state index < -0.39 is 36.5 Å². The Morgan fingerprint density at radius 3 is 2.54 bits per heavy atom. The van der Waals surface area contributed by atoms with E-state index in [1.54, 1.807) is 23.5 Å². The number of hydrogen-bond acceptors (Lipinski definition) is 7. The van der Waals surface area contributed by atoms with Gasteiger partial charge in [-0.3, -0.25) is 0 Å². The molecule has 0 bridgehead atoms. The second-order valence-electron chi connectivity index (χ2n) is 9.02. The Labute approximate surface area is 247 Å². The van der Waals surface area contributed by atoms with E-state index in [1.807, 2.05) is 48.6 Å². The molecule has 0 saturated heterocycles. The molecule has 2 heterocycles. The molecule has 1 aliphatic rings. The fraction of sp³-hybridized carbons (Fsp3) is 0.333. The van der Waals surface area contributed by atoms with Gasteiger partial charge in [0.05, 0.1) is 0 Å². The van der Waals surface area contributed by atoms with E-state index in [-0.39, 0.29) is 18.6 Å². The van der Waals surface area contributed by atoms with Crippen LogP contribution in [-0.4, -0.2) is 69.3 Å². The Morgan fingerprint density at radius 1 is 1.13 bits per heavy atom. The van der Waals surface area contributed by atoms with Crippen LogP contribution in [0.15, 0.2) is 63.7 Å². The fourth-order valence-corrected chi connectivity index (χ4v) is 9.04. The van der Waals surface area contributed by atoms with E-state index in [9.17, 15) is 17.8 Å². The number of fused-ring (bicyclic) bond motifs is 2. The summed E-state index contributed by atoms with van der Waals surface area (Å²) in [7, 11) is -4.06. The zero-order chi connectivity index (χ0) is 28.2. The van der Waals surface area contributed by atoms with E-state index >= 15 is 0 Å². The van der Waals surface area contributed by atoms with Crippen molar-refractivity contribution in [2.75, 3.05) is 29.7 Å². The number of thioether (sulfide) groups is 2. The molecule has 1 aromatic heterocycles. The summed E-state index contributed by atoms with van der Waals surface area (Å²) in [5.41, 5.74) is 3.01. The van der Waals surface area contributed by atoms with Gasteiger partial charge in [-0.05, 0) is 0 Å². The number of carboxylic acid groups (broad SMARTS) is 1. The molecule has 0 spiro atoms. The molecule has 0 radical (unpaired) electrons. The molecule has 12 heteroatoms. The van der Waals surface area contributed by atoms with Gasteiger partial charge in [-0.25, -0.2) is 0 Å². The summed E-state index contributed by atoms with van der Waals surface area (Å²) in [6.45, 7) is 3.02. The van der Waals surface area contributed by atoms with Gasteiger partial charge in [0.25, 0.3) is 0 Å². The van der Waals surface area contributed by atoms with Gasteiger partial charge in [0.1, 0.15) is 0 Å². The Morgan fingerprint density at radius 2 is 1.85 bits per heavy atom. The third kappa shape index (κ3) is 7.84. The Balaban J connectivity index is 1.68. The summed E-state index contributed by atoms with van der Waals surface area (Å²) >= 11 is 2.64. The molecule has 0 amide bonds. The van der Waals surface area contributed by atoms with Gasteiger partial charge in [-0.2, -0.15) is 0 Å². The second-order valence-corrected chi connectivity index (χ2v) is 15.4. The Kier molecular flexibility index (Phi) is 10.1. The van der Waals surface area contributed by atoms with Crippen molar-refractivity contribution in [2.45, 2.75) is 42.5 Å². The summed E-state index contributed by atoms with van der Waals surface area (Å²) in [5, 5.41) is 9.17. The number of nitrogens with zero attached hydrogens (tertiary/aromatic N) is 2. The van der Waals surface area contributed by atoms with Crippen LogP contribution in [0.4, 0.5) is 5.69 Å². The number of aromatic nitrogens is 1. The van der Waals surface area contributed by atoms with Gasteiger partial charge in [0.2, 0.25) is 0 Å². The van der Waals surface area contributed by atoms with Gasteiger partial charge in [0, 0.05) is 0 Å². The average molecular weight is 703 g/mol. The van der Waals surface area contributed by atoms with Crippen LogP contribution >= 0.6 is 23.5 Å². The second kappa shape index (κ2) is 13.1. The van der Waals surface area contributed by atoms with Crippen molar-refractivity contribution in [1.29, 1.82) is 0 Å². The number of carboxylic acids is 1. The number of benzene rings is 2. The van der Waals surface area contributed by atoms with Crippen LogP contribution in [-0.2, 0) is 21.5 Å². The summed E-state index contributed by atoms with van der Waals surface area (Å²) in [6.07, 6.45) is 9.08. The van der Waals surface area contributed by atoms with Crippen molar-refractivity contribution in [3.8, 4) is 5.75 Å². The molecule has 8 nitrogen and oxygen atoms in total. The van der Waals surface area contributed by atoms with Crippen LogP contribution in [0.5, 0.6) is 5.75 Å². The quantitative estimate of drug-likeness (QED) is 0.118. The predicted octanol–water partition coefficient (Wildman–Crippen LogP) is 4.91.